The molecular weight excluding hydrogens is 421 g/mol. The van der Waals surface area contributed by atoms with E-state index in [-0.39, 0.29) is 11.6 Å². The van der Waals surface area contributed by atoms with Crippen molar-refractivity contribution in [1.29, 1.82) is 0 Å². The Balaban J connectivity index is 1.85. The van der Waals surface area contributed by atoms with Gasteiger partial charge in [0.15, 0.2) is 0 Å². The van der Waals surface area contributed by atoms with Crippen LogP contribution in [0.5, 0.6) is 0 Å². The monoisotopic (exact) mass is 447 g/mol. The van der Waals surface area contributed by atoms with E-state index in [1.54, 1.807) is 29.2 Å². The number of sulfonamides is 1. The number of nitrogens with zero attached hydrogens (tertiary/aromatic N) is 2. The number of para-hydroxylation sites is 1. The summed E-state index contributed by atoms with van der Waals surface area (Å²) in [4.78, 5) is 27.7. The predicted octanol–water partition coefficient (Wildman–Crippen LogP) is 3.25. The molecule has 1 saturated heterocycles. The minimum atomic E-state index is -3.88. The van der Waals surface area contributed by atoms with Gasteiger partial charge in [-0.25, -0.2) is 12.8 Å². The SMILES string of the molecule is C[C@@H](C(=O)Nc1ccccc1C(=O)N1CCCCC1)N(c1cccc(F)c1)S(C)(=O)=O. The van der Waals surface area contributed by atoms with Gasteiger partial charge in [-0.05, 0) is 56.5 Å². The molecule has 0 unspecified atom stereocenters. The van der Waals surface area contributed by atoms with Crippen LogP contribution in [0.25, 0.3) is 0 Å². The van der Waals surface area contributed by atoms with E-state index in [1.807, 2.05) is 0 Å². The first-order chi connectivity index (χ1) is 14.7. The van der Waals surface area contributed by atoms with Gasteiger partial charge < -0.3 is 10.2 Å². The summed E-state index contributed by atoms with van der Waals surface area (Å²) >= 11 is 0. The molecule has 0 spiro atoms. The topological polar surface area (TPSA) is 86.8 Å². The number of piperidine rings is 1. The minimum absolute atomic E-state index is 0.0443. The van der Waals surface area contributed by atoms with Gasteiger partial charge in [0.05, 0.1) is 23.2 Å². The van der Waals surface area contributed by atoms with E-state index in [0.29, 0.717) is 24.3 Å². The average Bonchev–Trinajstić information content (AvgIpc) is 2.73. The van der Waals surface area contributed by atoms with E-state index >= 15 is 0 Å². The van der Waals surface area contributed by atoms with Crippen molar-refractivity contribution in [1.82, 2.24) is 4.90 Å². The van der Waals surface area contributed by atoms with Gasteiger partial charge in [0.1, 0.15) is 11.9 Å². The van der Waals surface area contributed by atoms with Crippen molar-refractivity contribution in [3.05, 3.63) is 59.9 Å². The number of carbonyl (C=O) groups excluding carboxylic acids is 2. The van der Waals surface area contributed by atoms with Crippen LogP contribution < -0.4 is 9.62 Å². The molecule has 0 aliphatic carbocycles. The number of carbonyl (C=O) groups is 2. The highest BCUT2D eigenvalue weighted by atomic mass is 32.2. The van der Waals surface area contributed by atoms with Crippen LogP contribution in [0.3, 0.4) is 0 Å². The summed E-state index contributed by atoms with van der Waals surface area (Å²) < 4.78 is 39.3. The zero-order valence-electron chi connectivity index (χ0n) is 17.5. The Bertz CT molecular complexity index is 1070. The second-order valence-corrected chi connectivity index (χ2v) is 9.46. The maximum atomic E-state index is 13.7. The van der Waals surface area contributed by atoms with Crippen molar-refractivity contribution in [2.45, 2.75) is 32.2 Å². The third-order valence-corrected chi connectivity index (χ3v) is 6.45. The molecular formula is C22H26FN3O4S. The number of amides is 2. The van der Waals surface area contributed by atoms with Crippen LogP contribution in [0.2, 0.25) is 0 Å². The van der Waals surface area contributed by atoms with Gasteiger partial charge in [-0.3, -0.25) is 13.9 Å². The molecule has 2 amide bonds. The normalized spacial score (nSPS) is 15.3. The van der Waals surface area contributed by atoms with Crippen LogP contribution in [-0.4, -0.2) is 50.5 Å². The first kappa shape index (κ1) is 22.7. The van der Waals surface area contributed by atoms with Crippen molar-refractivity contribution in [3.63, 3.8) is 0 Å². The molecule has 2 aromatic carbocycles. The number of hydrogen-bond acceptors (Lipinski definition) is 4. The van der Waals surface area contributed by atoms with Crippen LogP contribution in [-0.2, 0) is 14.8 Å². The molecule has 0 bridgehead atoms. The van der Waals surface area contributed by atoms with E-state index < -0.39 is 27.8 Å². The van der Waals surface area contributed by atoms with Crippen LogP contribution >= 0.6 is 0 Å². The first-order valence-corrected chi connectivity index (χ1v) is 12.0. The van der Waals surface area contributed by atoms with Crippen LogP contribution in [0, 0.1) is 5.82 Å². The van der Waals surface area contributed by atoms with Crippen LogP contribution in [0.4, 0.5) is 15.8 Å². The third-order valence-electron chi connectivity index (χ3n) is 5.21. The van der Waals surface area contributed by atoms with E-state index in [4.69, 9.17) is 0 Å². The van der Waals surface area contributed by atoms with Gasteiger partial charge in [0.25, 0.3) is 5.91 Å². The van der Waals surface area contributed by atoms with Crippen molar-refractivity contribution >= 4 is 33.2 Å². The molecule has 3 rings (SSSR count). The smallest absolute Gasteiger partial charge is 0.255 e. The minimum Gasteiger partial charge on any atom is -0.339 e. The fourth-order valence-corrected chi connectivity index (χ4v) is 4.87. The molecule has 31 heavy (non-hydrogen) atoms. The number of benzene rings is 2. The molecule has 0 aromatic heterocycles. The van der Waals surface area contributed by atoms with E-state index in [9.17, 15) is 22.4 Å². The predicted molar refractivity (Wildman–Crippen MR) is 118 cm³/mol. The van der Waals surface area contributed by atoms with Gasteiger partial charge in [-0.2, -0.15) is 0 Å². The highest BCUT2D eigenvalue weighted by molar-refractivity contribution is 7.92. The maximum Gasteiger partial charge on any atom is 0.255 e. The maximum absolute atomic E-state index is 13.7. The Labute approximate surface area is 181 Å². The summed E-state index contributed by atoms with van der Waals surface area (Å²) in [7, 11) is -3.88. The fourth-order valence-electron chi connectivity index (χ4n) is 3.71. The Morgan fingerprint density at radius 1 is 1.06 bits per heavy atom. The van der Waals surface area contributed by atoms with Crippen molar-refractivity contribution in [3.8, 4) is 0 Å². The molecule has 1 heterocycles. The van der Waals surface area contributed by atoms with E-state index in [1.165, 1.54) is 25.1 Å². The Hall–Kier alpha value is -2.94. The first-order valence-electron chi connectivity index (χ1n) is 10.1. The molecule has 7 nitrogen and oxygen atoms in total. The molecule has 166 valence electrons. The Kier molecular flexibility index (Phi) is 6.94. The number of anilines is 2. The molecule has 0 radical (unpaired) electrons. The zero-order chi connectivity index (χ0) is 22.6. The summed E-state index contributed by atoms with van der Waals surface area (Å²) in [5, 5.41) is 2.68. The quantitative estimate of drug-likeness (QED) is 0.737. The summed E-state index contributed by atoms with van der Waals surface area (Å²) in [5.41, 5.74) is 0.701. The van der Waals surface area contributed by atoms with Gasteiger partial charge >= 0.3 is 0 Å². The highest BCUT2D eigenvalue weighted by Crippen LogP contribution is 2.24. The average molecular weight is 448 g/mol. The number of nitrogens with one attached hydrogen (secondary N) is 1. The van der Waals surface area contributed by atoms with Crippen molar-refractivity contribution in [2.24, 2.45) is 0 Å². The molecule has 2 aromatic rings. The largest absolute Gasteiger partial charge is 0.339 e. The lowest BCUT2D eigenvalue weighted by Crippen LogP contribution is -2.45. The lowest BCUT2D eigenvalue weighted by atomic mass is 10.1. The molecule has 1 atom stereocenters. The lowest BCUT2D eigenvalue weighted by molar-refractivity contribution is -0.116. The van der Waals surface area contributed by atoms with Gasteiger partial charge in [0, 0.05) is 13.1 Å². The Morgan fingerprint density at radius 3 is 2.39 bits per heavy atom. The highest BCUT2D eigenvalue weighted by Gasteiger charge is 2.30. The summed E-state index contributed by atoms with van der Waals surface area (Å²) in [6.45, 7) is 2.74. The van der Waals surface area contributed by atoms with Gasteiger partial charge in [-0.1, -0.05) is 18.2 Å². The molecule has 1 N–H and O–H groups in total. The molecule has 1 aliphatic rings. The second-order valence-electron chi connectivity index (χ2n) is 7.60. The second kappa shape index (κ2) is 9.47. The van der Waals surface area contributed by atoms with Gasteiger partial charge in [-0.15, -0.1) is 0 Å². The third kappa shape index (κ3) is 5.41. The summed E-state index contributed by atoms with van der Waals surface area (Å²) in [6, 6.07) is 10.5. The van der Waals surface area contributed by atoms with E-state index in [2.05, 4.69) is 5.32 Å². The van der Waals surface area contributed by atoms with Crippen LogP contribution in [0.1, 0.15) is 36.5 Å². The number of hydrogen-bond donors (Lipinski definition) is 1. The van der Waals surface area contributed by atoms with Crippen molar-refractivity contribution < 1.29 is 22.4 Å². The number of halogens is 1. The number of likely N-dealkylation sites (tertiary alicyclic amines) is 1. The molecule has 1 aliphatic heterocycles. The lowest BCUT2D eigenvalue weighted by Gasteiger charge is -2.29. The van der Waals surface area contributed by atoms with E-state index in [0.717, 1.165) is 35.9 Å². The summed E-state index contributed by atoms with van der Waals surface area (Å²) in [5.74, 6) is -1.42. The Morgan fingerprint density at radius 2 is 1.74 bits per heavy atom. The molecule has 1 fully saturated rings. The molecule has 0 saturated carbocycles. The van der Waals surface area contributed by atoms with Crippen LogP contribution in [0.15, 0.2) is 48.5 Å². The zero-order valence-corrected chi connectivity index (χ0v) is 18.4. The van der Waals surface area contributed by atoms with Gasteiger partial charge in [0.2, 0.25) is 15.9 Å². The number of rotatable bonds is 6. The standard InChI is InChI=1S/C22H26FN3O4S/c1-16(26(31(2,29)30)18-10-8-9-17(23)15-18)21(27)24-20-12-5-4-11-19(20)22(28)25-13-6-3-7-14-25/h4-5,8-12,15-16H,3,6-7,13-14H2,1-2H3,(H,24,27)/t16-/m0/s1. The molecule has 9 heteroatoms. The van der Waals surface area contributed by atoms with Crippen molar-refractivity contribution in [2.75, 3.05) is 29.0 Å². The fraction of sp³-hybridized carbons (Fsp3) is 0.364. The summed E-state index contributed by atoms with van der Waals surface area (Å²) in [6.07, 6.45) is 3.92.